The zero-order valence-corrected chi connectivity index (χ0v) is 11.9. The van der Waals surface area contributed by atoms with Gasteiger partial charge in [-0.25, -0.2) is 4.79 Å². The van der Waals surface area contributed by atoms with E-state index in [1.165, 1.54) is 4.90 Å². The largest absolute Gasteiger partial charge is 0.481 e. The second-order valence-corrected chi connectivity index (χ2v) is 4.63. The lowest BCUT2D eigenvalue weighted by Gasteiger charge is -2.21. The van der Waals surface area contributed by atoms with Gasteiger partial charge < -0.3 is 20.6 Å². The molecule has 3 N–H and O–H groups in total. The molecule has 0 bridgehead atoms. The van der Waals surface area contributed by atoms with Crippen LogP contribution in [0.2, 0.25) is 0 Å². The van der Waals surface area contributed by atoms with Gasteiger partial charge in [0.15, 0.2) is 0 Å². The molecule has 110 valence electrons. The summed E-state index contributed by atoms with van der Waals surface area (Å²) < 4.78 is 0. The van der Waals surface area contributed by atoms with Gasteiger partial charge in [-0.05, 0) is 19.8 Å². The van der Waals surface area contributed by atoms with E-state index < -0.39 is 18.0 Å². The average Bonchev–Trinajstić information content (AvgIpc) is 2.33. The number of hydrogen-bond acceptors (Lipinski definition) is 3. The van der Waals surface area contributed by atoms with Crippen molar-refractivity contribution in [3.05, 3.63) is 0 Å². The van der Waals surface area contributed by atoms with E-state index in [2.05, 4.69) is 10.6 Å². The summed E-state index contributed by atoms with van der Waals surface area (Å²) in [5.41, 5.74) is 0. The molecule has 0 aromatic heterocycles. The fraction of sp³-hybridized carbons (Fsp3) is 0.750. The van der Waals surface area contributed by atoms with Crippen molar-refractivity contribution in [3.8, 4) is 0 Å². The molecule has 0 rings (SSSR count). The standard InChI is InChI=1S/C12H23N3O4/c1-5-15(4)11(18)9(3)14-12(19)13-7-8(2)6-10(16)17/h8-9H,5-7H2,1-4H3,(H,16,17)(H2,13,14,19). The maximum atomic E-state index is 11.7. The molecule has 2 unspecified atom stereocenters. The Hall–Kier alpha value is -1.79. The van der Waals surface area contributed by atoms with E-state index in [0.29, 0.717) is 6.54 Å². The predicted molar refractivity (Wildman–Crippen MR) is 70.7 cm³/mol. The van der Waals surface area contributed by atoms with Crippen LogP contribution in [0.4, 0.5) is 4.79 Å². The molecule has 0 aromatic carbocycles. The number of nitrogens with one attached hydrogen (secondary N) is 2. The van der Waals surface area contributed by atoms with E-state index in [1.54, 1.807) is 20.9 Å². The number of rotatable bonds is 7. The quantitative estimate of drug-likeness (QED) is 0.619. The number of carboxylic acids is 1. The fourth-order valence-corrected chi connectivity index (χ4v) is 1.43. The van der Waals surface area contributed by atoms with Gasteiger partial charge in [-0.3, -0.25) is 9.59 Å². The minimum absolute atomic E-state index is 0.00661. The third-order valence-electron chi connectivity index (χ3n) is 2.70. The highest BCUT2D eigenvalue weighted by Gasteiger charge is 2.18. The SMILES string of the molecule is CCN(C)C(=O)C(C)NC(=O)NCC(C)CC(=O)O. The minimum Gasteiger partial charge on any atom is -0.481 e. The number of carboxylic acid groups (broad SMARTS) is 1. The number of amides is 3. The molecule has 2 atom stereocenters. The van der Waals surface area contributed by atoms with Crippen LogP contribution in [0.25, 0.3) is 0 Å². The van der Waals surface area contributed by atoms with Crippen LogP contribution in [0.5, 0.6) is 0 Å². The summed E-state index contributed by atoms with van der Waals surface area (Å²) in [6, 6.07) is -1.08. The summed E-state index contributed by atoms with van der Waals surface area (Å²) in [4.78, 5) is 35.2. The molecule has 7 heteroatoms. The number of nitrogens with zero attached hydrogens (tertiary/aromatic N) is 1. The van der Waals surface area contributed by atoms with Gasteiger partial charge in [0.25, 0.3) is 0 Å². The number of hydrogen-bond donors (Lipinski definition) is 3. The van der Waals surface area contributed by atoms with Crippen LogP contribution in [0.1, 0.15) is 27.2 Å². The Labute approximate surface area is 113 Å². The Morgan fingerprint density at radius 3 is 2.32 bits per heavy atom. The second kappa shape index (κ2) is 8.34. The van der Waals surface area contributed by atoms with E-state index in [-0.39, 0.29) is 24.8 Å². The molecule has 0 aliphatic rings. The van der Waals surface area contributed by atoms with Gasteiger partial charge in [0.1, 0.15) is 6.04 Å². The summed E-state index contributed by atoms with van der Waals surface area (Å²) >= 11 is 0. The van der Waals surface area contributed by atoms with Crippen LogP contribution in [-0.4, -0.2) is 54.1 Å². The van der Waals surface area contributed by atoms with Crippen molar-refractivity contribution in [3.63, 3.8) is 0 Å². The molecule has 0 aliphatic heterocycles. The van der Waals surface area contributed by atoms with Gasteiger partial charge in [-0.2, -0.15) is 0 Å². The van der Waals surface area contributed by atoms with E-state index in [0.717, 1.165) is 0 Å². The Bertz CT molecular complexity index is 333. The lowest BCUT2D eigenvalue weighted by molar-refractivity contribution is -0.138. The van der Waals surface area contributed by atoms with Crippen LogP contribution in [0, 0.1) is 5.92 Å². The topological polar surface area (TPSA) is 98.7 Å². The third-order valence-corrected chi connectivity index (χ3v) is 2.70. The normalized spacial score (nSPS) is 13.3. The molecule has 0 spiro atoms. The Morgan fingerprint density at radius 1 is 1.26 bits per heavy atom. The highest BCUT2D eigenvalue weighted by atomic mass is 16.4. The molecule has 19 heavy (non-hydrogen) atoms. The van der Waals surface area contributed by atoms with Crippen LogP contribution in [-0.2, 0) is 9.59 Å². The maximum Gasteiger partial charge on any atom is 0.315 e. The van der Waals surface area contributed by atoms with Crippen molar-refractivity contribution in [1.29, 1.82) is 0 Å². The van der Waals surface area contributed by atoms with Crippen molar-refractivity contribution < 1.29 is 19.5 Å². The monoisotopic (exact) mass is 273 g/mol. The second-order valence-electron chi connectivity index (χ2n) is 4.63. The molecular weight excluding hydrogens is 250 g/mol. The molecule has 3 amide bonds. The number of carbonyl (C=O) groups is 3. The number of urea groups is 1. The van der Waals surface area contributed by atoms with Gasteiger partial charge in [0.05, 0.1) is 0 Å². The Morgan fingerprint density at radius 2 is 1.84 bits per heavy atom. The smallest absolute Gasteiger partial charge is 0.315 e. The molecule has 0 radical (unpaired) electrons. The summed E-state index contributed by atoms with van der Waals surface area (Å²) in [6.07, 6.45) is -0.00661. The molecule has 0 saturated heterocycles. The van der Waals surface area contributed by atoms with Crippen molar-refractivity contribution in [2.45, 2.75) is 33.2 Å². The van der Waals surface area contributed by atoms with Crippen LogP contribution in [0.3, 0.4) is 0 Å². The van der Waals surface area contributed by atoms with E-state index in [1.807, 2.05) is 6.92 Å². The molecule has 0 saturated carbocycles. The number of aliphatic carboxylic acids is 1. The first kappa shape index (κ1) is 17.2. The zero-order chi connectivity index (χ0) is 15.0. The highest BCUT2D eigenvalue weighted by molar-refractivity contribution is 5.86. The summed E-state index contributed by atoms with van der Waals surface area (Å²) in [5.74, 6) is -1.23. The van der Waals surface area contributed by atoms with Gasteiger partial charge in [0.2, 0.25) is 5.91 Å². The van der Waals surface area contributed by atoms with Gasteiger partial charge in [-0.15, -0.1) is 0 Å². The summed E-state index contributed by atoms with van der Waals surface area (Å²) in [7, 11) is 1.66. The summed E-state index contributed by atoms with van der Waals surface area (Å²) in [6.45, 7) is 6.01. The van der Waals surface area contributed by atoms with E-state index in [4.69, 9.17) is 5.11 Å². The molecule has 7 nitrogen and oxygen atoms in total. The maximum absolute atomic E-state index is 11.7. The third kappa shape index (κ3) is 7.28. The molecular formula is C12H23N3O4. The van der Waals surface area contributed by atoms with Crippen molar-refractivity contribution in [2.24, 2.45) is 5.92 Å². The van der Waals surface area contributed by atoms with Crippen molar-refractivity contribution in [2.75, 3.05) is 20.1 Å². The van der Waals surface area contributed by atoms with Gasteiger partial charge in [0, 0.05) is 26.6 Å². The number of carbonyl (C=O) groups excluding carboxylic acids is 2. The van der Waals surface area contributed by atoms with E-state index in [9.17, 15) is 14.4 Å². The van der Waals surface area contributed by atoms with Crippen molar-refractivity contribution >= 4 is 17.9 Å². The van der Waals surface area contributed by atoms with Crippen LogP contribution < -0.4 is 10.6 Å². The summed E-state index contributed by atoms with van der Waals surface area (Å²) in [5, 5.41) is 13.6. The average molecular weight is 273 g/mol. The first-order chi connectivity index (χ1) is 8.77. The lowest BCUT2D eigenvalue weighted by Crippen LogP contribution is -2.49. The zero-order valence-electron chi connectivity index (χ0n) is 11.9. The molecule has 0 fully saturated rings. The predicted octanol–water partition coefficient (Wildman–Crippen LogP) is 0.263. The minimum atomic E-state index is -0.900. The van der Waals surface area contributed by atoms with Crippen LogP contribution in [0.15, 0.2) is 0 Å². The Balaban J connectivity index is 4.04. The molecule has 0 aromatic rings. The first-order valence-corrected chi connectivity index (χ1v) is 6.29. The van der Waals surface area contributed by atoms with Crippen LogP contribution >= 0.6 is 0 Å². The molecule has 0 aliphatic carbocycles. The highest BCUT2D eigenvalue weighted by Crippen LogP contribution is 1.99. The first-order valence-electron chi connectivity index (χ1n) is 6.29. The van der Waals surface area contributed by atoms with Crippen molar-refractivity contribution in [1.82, 2.24) is 15.5 Å². The van der Waals surface area contributed by atoms with Gasteiger partial charge in [-0.1, -0.05) is 6.92 Å². The Kier molecular flexibility index (Phi) is 7.55. The fourth-order valence-electron chi connectivity index (χ4n) is 1.43. The van der Waals surface area contributed by atoms with E-state index >= 15 is 0 Å². The number of likely N-dealkylation sites (N-methyl/N-ethyl adjacent to an activating group) is 1. The molecule has 0 heterocycles. The lowest BCUT2D eigenvalue weighted by atomic mass is 10.1. The van der Waals surface area contributed by atoms with Gasteiger partial charge >= 0.3 is 12.0 Å².